The smallest absolute Gasteiger partial charge is 0.143 e. The van der Waals surface area contributed by atoms with Gasteiger partial charge in [0.1, 0.15) is 11.2 Å². The number of benzene rings is 9. The summed E-state index contributed by atoms with van der Waals surface area (Å²) in [6, 6.07) is 72.9. The first-order valence-electron chi connectivity index (χ1n) is 23.7. The number of anilines is 3. The second-order valence-electron chi connectivity index (χ2n) is 21.0. The zero-order chi connectivity index (χ0) is 45.0. The Kier molecular flexibility index (Phi) is 9.14. The molecule has 1 spiro atoms. The topological polar surface area (TPSA) is 16.4 Å². The third-order valence-electron chi connectivity index (χ3n) is 14.9. The first-order chi connectivity index (χ1) is 32.0. The van der Waals surface area contributed by atoms with Crippen molar-refractivity contribution >= 4 is 49.8 Å². The molecular formula is C64H55NO. The minimum Gasteiger partial charge on any atom is -0.455 e. The van der Waals surface area contributed by atoms with Gasteiger partial charge in [0.25, 0.3) is 0 Å². The van der Waals surface area contributed by atoms with Gasteiger partial charge in [-0.15, -0.1) is 0 Å². The summed E-state index contributed by atoms with van der Waals surface area (Å²) < 4.78 is 7.20. The van der Waals surface area contributed by atoms with Crippen LogP contribution in [0.5, 0.6) is 0 Å². The highest BCUT2D eigenvalue weighted by Gasteiger charge is 2.47. The van der Waals surface area contributed by atoms with E-state index in [4.69, 9.17) is 4.42 Å². The lowest BCUT2D eigenvalue weighted by molar-refractivity contribution is 0.514. The highest BCUT2D eigenvalue weighted by Crippen LogP contribution is 2.58. The Bertz CT molecular complexity index is 3430. The molecule has 10 aromatic rings. The Morgan fingerprint density at radius 3 is 1.64 bits per heavy atom. The van der Waals surface area contributed by atoms with Gasteiger partial charge in [-0.3, -0.25) is 0 Å². The highest BCUT2D eigenvalue weighted by atomic mass is 16.3. The first-order valence-corrected chi connectivity index (χ1v) is 23.7. The molecule has 0 radical (unpaired) electrons. The largest absolute Gasteiger partial charge is 0.455 e. The molecule has 2 nitrogen and oxygen atoms in total. The van der Waals surface area contributed by atoms with E-state index in [0.29, 0.717) is 0 Å². The molecule has 66 heavy (non-hydrogen) atoms. The number of fused-ring (bicyclic) bond motifs is 9. The summed E-state index contributed by atoms with van der Waals surface area (Å²) in [5, 5.41) is 4.84. The number of para-hydroxylation sites is 1. The predicted octanol–water partition coefficient (Wildman–Crippen LogP) is 17.0. The lowest BCUT2D eigenvalue weighted by atomic mass is 9.65. The second-order valence-corrected chi connectivity index (χ2v) is 21.0. The molecule has 2 aliphatic carbocycles. The first kappa shape index (κ1) is 40.4. The lowest BCUT2D eigenvalue weighted by Gasteiger charge is -2.40. The van der Waals surface area contributed by atoms with E-state index in [9.17, 15) is 0 Å². The molecule has 1 aromatic heterocycles. The number of hydrogen-bond donors (Lipinski definition) is 0. The van der Waals surface area contributed by atoms with E-state index in [1.165, 1.54) is 83.0 Å². The molecule has 0 saturated carbocycles. The predicted molar refractivity (Wildman–Crippen MR) is 277 cm³/mol. The van der Waals surface area contributed by atoms with Gasteiger partial charge in [0.15, 0.2) is 0 Å². The van der Waals surface area contributed by atoms with Crippen molar-refractivity contribution in [3.05, 3.63) is 244 Å². The van der Waals surface area contributed by atoms with Crippen LogP contribution in [-0.2, 0) is 29.1 Å². The van der Waals surface area contributed by atoms with Crippen LogP contribution in [0.15, 0.2) is 199 Å². The van der Waals surface area contributed by atoms with Crippen LogP contribution < -0.4 is 4.90 Å². The van der Waals surface area contributed by atoms with Crippen molar-refractivity contribution in [3.8, 4) is 11.1 Å². The van der Waals surface area contributed by atoms with Crippen LogP contribution in [0.1, 0.15) is 97.5 Å². The van der Waals surface area contributed by atoms with Crippen molar-refractivity contribution in [3.63, 3.8) is 0 Å². The molecule has 1 heterocycles. The van der Waals surface area contributed by atoms with Gasteiger partial charge in [-0.05, 0) is 139 Å². The van der Waals surface area contributed by atoms with E-state index in [1.807, 2.05) is 0 Å². The zero-order valence-corrected chi connectivity index (χ0v) is 38.8. The summed E-state index contributed by atoms with van der Waals surface area (Å²) in [6.07, 6.45) is 1.77. The summed E-state index contributed by atoms with van der Waals surface area (Å²) in [7, 11) is 0. The quantitative estimate of drug-likeness (QED) is 0.155. The van der Waals surface area contributed by atoms with E-state index >= 15 is 0 Å². The van der Waals surface area contributed by atoms with E-state index in [2.05, 4.69) is 241 Å². The fourth-order valence-corrected chi connectivity index (χ4v) is 11.6. The average Bonchev–Trinajstić information content (AvgIpc) is 3.82. The Morgan fingerprint density at radius 1 is 0.470 bits per heavy atom. The van der Waals surface area contributed by atoms with E-state index < -0.39 is 0 Å². The molecule has 0 amide bonds. The van der Waals surface area contributed by atoms with Crippen LogP contribution in [0.2, 0.25) is 0 Å². The molecule has 0 bridgehead atoms. The molecule has 0 N–H and O–H groups in total. The Balaban J connectivity index is 1.10. The van der Waals surface area contributed by atoms with Crippen LogP contribution in [0, 0.1) is 0 Å². The van der Waals surface area contributed by atoms with Crippen LogP contribution in [0.25, 0.3) is 43.8 Å². The zero-order valence-electron chi connectivity index (χ0n) is 38.8. The second kappa shape index (κ2) is 14.9. The molecule has 1 atom stereocenters. The molecule has 322 valence electrons. The van der Waals surface area contributed by atoms with Crippen molar-refractivity contribution in [2.45, 2.75) is 76.5 Å². The molecule has 0 saturated heterocycles. The number of nitrogens with zero attached hydrogens (tertiary/aromatic N) is 1. The molecule has 12 rings (SSSR count). The third-order valence-corrected chi connectivity index (χ3v) is 14.9. The van der Waals surface area contributed by atoms with Crippen molar-refractivity contribution in [1.82, 2.24) is 0 Å². The van der Waals surface area contributed by atoms with Gasteiger partial charge in [0.05, 0.1) is 5.69 Å². The molecule has 2 aliphatic rings. The minimum absolute atomic E-state index is 0.0501. The fraction of sp³-hybridized carbons (Fsp3) is 0.188. The summed E-state index contributed by atoms with van der Waals surface area (Å²) in [4.78, 5) is 2.49. The number of hydrogen-bond acceptors (Lipinski definition) is 2. The van der Waals surface area contributed by atoms with Gasteiger partial charge in [0.2, 0.25) is 0 Å². The van der Waals surface area contributed by atoms with E-state index in [-0.39, 0.29) is 22.2 Å². The summed E-state index contributed by atoms with van der Waals surface area (Å²) in [5.74, 6) is 0.0603. The third kappa shape index (κ3) is 6.37. The van der Waals surface area contributed by atoms with Crippen molar-refractivity contribution in [1.29, 1.82) is 0 Å². The molecule has 0 fully saturated rings. The Hall–Kier alpha value is -7.16. The molecule has 0 unspecified atom stereocenters. The monoisotopic (exact) mass is 853 g/mol. The highest BCUT2D eigenvalue weighted by molar-refractivity contribution is 6.18. The van der Waals surface area contributed by atoms with Crippen molar-refractivity contribution in [2.24, 2.45) is 0 Å². The Labute approximate surface area is 389 Å². The maximum absolute atomic E-state index is 7.20. The Morgan fingerprint density at radius 2 is 1.00 bits per heavy atom. The minimum atomic E-state index is -0.243. The number of furan rings is 1. The molecule has 2 heteroatoms. The lowest BCUT2D eigenvalue weighted by Crippen LogP contribution is -2.34. The van der Waals surface area contributed by atoms with Crippen LogP contribution in [-0.4, -0.2) is 0 Å². The van der Waals surface area contributed by atoms with E-state index in [1.54, 1.807) is 0 Å². The fourth-order valence-electron chi connectivity index (χ4n) is 11.6. The summed E-state index contributed by atoms with van der Waals surface area (Å²) in [6.45, 7) is 13.7. The maximum atomic E-state index is 7.20. The molecule has 9 aromatic carbocycles. The van der Waals surface area contributed by atoms with Crippen LogP contribution in [0.4, 0.5) is 17.1 Å². The van der Waals surface area contributed by atoms with Crippen LogP contribution in [0.3, 0.4) is 0 Å². The van der Waals surface area contributed by atoms with Gasteiger partial charge in [0, 0.05) is 38.9 Å². The molecule has 0 aliphatic heterocycles. The van der Waals surface area contributed by atoms with Crippen LogP contribution >= 0.6 is 0 Å². The maximum Gasteiger partial charge on any atom is 0.143 e. The number of rotatable bonds is 6. The van der Waals surface area contributed by atoms with Gasteiger partial charge < -0.3 is 9.32 Å². The summed E-state index contributed by atoms with van der Waals surface area (Å²) in [5.41, 5.74) is 20.0. The van der Waals surface area contributed by atoms with Crippen molar-refractivity contribution in [2.75, 3.05) is 4.90 Å². The van der Waals surface area contributed by atoms with Crippen molar-refractivity contribution < 1.29 is 4.42 Å². The summed E-state index contributed by atoms with van der Waals surface area (Å²) >= 11 is 0. The van der Waals surface area contributed by atoms with Gasteiger partial charge in [-0.2, -0.15) is 0 Å². The normalized spacial score (nSPS) is 14.5. The molecular weight excluding hydrogens is 799 g/mol. The SMILES string of the molecule is CC(C)(C)c1ccc([C@H](c2ccccc2)c2ccc3c(c2)oc2c4ccc(N(c5ccccc5)c5ccc(C(C)(C)C)cc5)c5c4c(cc32)CC2(C5)c3ccccc3-c3ccccc32)cc1. The standard InChI is InChI=1S/C64H55NO/c1-62(2,3)45-28-25-42(26-29-45)59(41-17-9-7-10-18-41)43-27-34-51-53-37-44-39-64(55-23-15-13-21-49(55)50-22-14-16-24-56(50)64)40-54-57(36-35-52(60(44)54)61(53)66-58(51)38-43)65(47-19-11-8-12-20-47)48-32-30-46(31-33-48)63(4,5)6/h7-38,59H,39-40H2,1-6H3/t59-/m0/s1. The van der Waals surface area contributed by atoms with Gasteiger partial charge in [-0.1, -0.05) is 187 Å². The van der Waals surface area contributed by atoms with Gasteiger partial charge in [-0.25, -0.2) is 0 Å². The van der Waals surface area contributed by atoms with E-state index in [0.717, 1.165) is 40.8 Å². The average molecular weight is 854 g/mol. The van der Waals surface area contributed by atoms with Gasteiger partial charge >= 0.3 is 0 Å².